The van der Waals surface area contributed by atoms with Crippen LogP contribution in [-0.2, 0) is 4.74 Å². The van der Waals surface area contributed by atoms with Crippen LogP contribution >= 0.6 is 0 Å². The minimum atomic E-state index is -0.552. The van der Waals surface area contributed by atoms with Crippen LogP contribution in [0.25, 0.3) is 10.9 Å². The highest BCUT2D eigenvalue weighted by Crippen LogP contribution is 2.26. The Labute approximate surface area is 133 Å². The van der Waals surface area contributed by atoms with Crippen molar-refractivity contribution in [3.63, 3.8) is 0 Å². The number of fused-ring (bicyclic) bond motifs is 1. The van der Waals surface area contributed by atoms with Crippen molar-refractivity contribution >= 4 is 22.9 Å². The second-order valence-corrected chi connectivity index (χ2v) is 5.10. The van der Waals surface area contributed by atoms with E-state index in [2.05, 4.69) is 4.98 Å². The van der Waals surface area contributed by atoms with Crippen LogP contribution in [0.5, 0.6) is 5.75 Å². The van der Waals surface area contributed by atoms with Crippen molar-refractivity contribution in [1.82, 2.24) is 15.0 Å². The van der Waals surface area contributed by atoms with E-state index in [9.17, 15) is 9.59 Å². The van der Waals surface area contributed by atoms with E-state index in [1.807, 2.05) is 24.3 Å². The molecule has 2 heterocycles. The van der Waals surface area contributed by atoms with Gasteiger partial charge in [0, 0.05) is 24.5 Å². The number of methoxy groups -OCH3 is 2. The Morgan fingerprint density at radius 2 is 1.87 bits per heavy atom. The summed E-state index contributed by atoms with van der Waals surface area (Å²) in [7, 11) is 2.84. The largest absolute Gasteiger partial charge is 0.496 e. The Balaban J connectivity index is 1.99. The van der Waals surface area contributed by atoms with Crippen LogP contribution in [0.4, 0.5) is 4.79 Å². The molecule has 1 aliphatic heterocycles. The number of para-hydroxylation sites is 1. The number of rotatable bonds is 2. The third kappa shape index (κ3) is 2.65. The van der Waals surface area contributed by atoms with Crippen LogP contribution in [-0.4, -0.2) is 54.3 Å². The van der Waals surface area contributed by atoms with Crippen molar-refractivity contribution in [1.29, 1.82) is 0 Å². The van der Waals surface area contributed by atoms with Crippen molar-refractivity contribution in [3.05, 3.63) is 36.0 Å². The Kier molecular flexibility index (Phi) is 4.01. The Morgan fingerprint density at radius 1 is 1.13 bits per heavy atom. The van der Waals surface area contributed by atoms with E-state index in [1.54, 1.807) is 13.2 Å². The lowest BCUT2D eigenvalue weighted by Gasteiger charge is -2.26. The zero-order valence-corrected chi connectivity index (χ0v) is 13.0. The highest BCUT2D eigenvalue weighted by atomic mass is 16.5. The molecule has 120 valence electrons. The third-order valence-corrected chi connectivity index (χ3v) is 3.77. The van der Waals surface area contributed by atoms with Gasteiger partial charge >= 0.3 is 6.09 Å². The molecule has 1 aromatic heterocycles. The normalized spacial score (nSPS) is 14.2. The second-order valence-electron chi connectivity index (χ2n) is 5.10. The summed E-state index contributed by atoms with van der Waals surface area (Å²) in [6.45, 7) is 0.897. The Morgan fingerprint density at radius 3 is 2.61 bits per heavy atom. The van der Waals surface area contributed by atoms with Crippen LogP contribution in [0.2, 0.25) is 0 Å². The van der Waals surface area contributed by atoms with E-state index in [4.69, 9.17) is 9.47 Å². The fourth-order valence-corrected chi connectivity index (χ4v) is 2.67. The van der Waals surface area contributed by atoms with Gasteiger partial charge in [0.05, 0.1) is 19.7 Å². The van der Waals surface area contributed by atoms with Crippen LogP contribution in [0.15, 0.2) is 30.3 Å². The van der Waals surface area contributed by atoms with Crippen LogP contribution in [0.3, 0.4) is 0 Å². The van der Waals surface area contributed by atoms with E-state index in [-0.39, 0.29) is 11.6 Å². The van der Waals surface area contributed by atoms with E-state index in [0.29, 0.717) is 30.8 Å². The van der Waals surface area contributed by atoms with E-state index in [1.165, 1.54) is 17.1 Å². The summed E-state index contributed by atoms with van der Waals surface area (Å²) in [4.78, 5) is 28.9. The SMILES string of the molecule is COC(=O)N1CCCN1C(=O)c1cc(OC)c2ccccc2n1. The smallest absolute Gasteiger partial charge is 0.428 e. The van der Waals surface area contributed by atoms with E-state index in [0.717, 1.165) is 5.39 Å². The molecule has 1 aliphatic rings. The maximum atomic E-state index is 12.7. The van der Waals surface area contributed by atoms with Crippen molar-refractivity contribution in [3.8, 4) is 5.75 Å². The maximum absolute atomic E-state index is 12.7. The summed E-state index contributed by atoms with van der Waals surface area (Å²) in [5.74, 6) is 0.222. The molecule has 1 fully saturated rings. The van der Waals surface area contributed by atoms with Gasteiger partial charge in [-0.15, -0.1) is 0 Å². The van der Waals surface area contributed by atoms with Gasteiger partial charge in [0.25, 0.3) is 5.91 Å². The lowest BCUT2D eigenvalue weighted by Crippen LogP contribution is -2.45. The van der Waals surface area contributed by atoms with Crippen molar-refractivity contribution in [2.45, 2.75) is 6.42 Å². The molecule has 7 heteroatoms. The van der Waals surface area contributed by atoms with E-state index < -0.39 is 6.09 Å². The number of ether oxygens (including phenoxy) is 2. The number of hydrogen-bond donors (Lipinski definition) is 0. The fraction of sp³-hybridized carbons (Fsp3) is 0.312. The summed E-state index contributed by atoms with van der Waals surface area (Å²) in [5.41, 5.74) is 0.898. The number of hydrogen-bond acceptors (Lipinski definition) is 5. The summed E-state index contributed by atoms with van der Waals surface area (Å²) in [6.07, 6.45) is 0.148. The van der Waals surface area contributed by atoms with Gasteiger partial charge in [0.15, 0.2) is 0 Å². The van der Waals surface area contributed by atoms with Crippen molar-refractivity contribution < 1.29 is 19.1 Å². The molecule has 0 spiro atoms. The number of amides is 2. The van der Waals surface area contributed by atoms with Crippen LogP contribution < -0.4 is 4.74 Å². The molecule has 0 radical (unpaired) electrons. The molecule has 1 aromatic carbocycles. The number of carbonyl (C=O) groups excluding carboxylic acids is 2. The number of pyridine rings is 1. The molecule has 0 aliphatic carbocycles. The molecule has 0 bridgehead atoms. The van der Waals surface area contributed by atoms with Gasteiger partial charge in [-0.1, -0.05) is 12.1 Å². The Hall–Kier alpha value is -2.83. The molecule has 0 N–H and O–H groups in total. The van der Waals surface area contributed by atoms with Gasteiger partial charge in [-0.25, -0.2) is 19.8 Å². The monoisotopic (exact) mass is 315 g/mol. The average Bonchev–Trinajstić information content (AvgIpc) is 3.09. The van der Waals surface area contributed by atoms with Gasteiger partial charge in [-0.05, 0) is 18.6 Å². The van der Waals surface area contributed by atoms with Crippen LogP contribution in [0, 0.1) is 0 Å². The molecule has 3 rings (SSSR count). The minimum absolute atomic E-state index is 0.233. The topological polar surface area (TPSA) is 72.0 Å². The van der Waals surface area contributed by atoms with Gasteiger partial charge in [-0.3, -0.25) is 4.79 Å². The molecule has 2 amide bonds. The van der Waals surface area contributed by atoms with E-state index >= 15 is 0 Å². The summed E-state index contributed by atoms with van der Waals surface area (Å²) in [5, 5.41) is 3.49. The number of nitrogens with zero attached hydrogens (tertiary/aromatic N) is 3. The lowest BCUT2D eigenvalue weighted by molar-refractivity contribution is 0.0188. The molecule has 7 nitrogen and oxygen atoms in total. The number of carbonyl (C=O) groups is 2. The first-order chi connectivity index (χ1) is 11.2. The van der Waals surface area contributed by atoms with Crippen LogP contribution in [0.1, 0.15) is 16.9 Å². The zero-order chi connectivity index (χ0) is 16.4. The highest BCUT2D eigenvalue weighted by molar-refractivity contribution is 5.97. The average molecular weight is 315 g/mol. The van der Waals surface area contributed by atoms with Gasteiger partial charge < -0.3 is 9.47 Å². The van der Waals surface area contributed by atoms with Gasteiger partial charge in [0.1, 0.15) is 11.4 Å². The molecule has 23 heavy (non-hydrogen) atoms. The van der Waals surface area contributed by atoms with Crippen molar-refractivity contribution in [2.75, 3.05) is 27.3 Å². The zero-order valence-electron chi connectivity index (χ0n) is 13.0. The fourth-order valence-electron chi connectivity index (χ4n) is 2.67. The molecular formula is C16H17N3O4. The lowest BCUT2D eigenvalue weighted by atomic mass is 10.1. The first-order valence-corrected chi connectivity index (χ1v) is 7.26. The molecule has 0 atom stereocenters. The number of aromatic nitrogens is 1. The maximum Gasteiger partial charge on any atom is 0.428 e. The minimum Gasteiger partial charge on any atom is -0.496 e. The highest BCUT2D eigenvalue weighted by Gasteiger charge is 2.33. The first kappa shape index (κ1) is 15.1. The molecule has 2 aromatic rings. The second kappa shape index (κ2) is 6.12. The number of benzene rings is 1. The summed E-state index contributed by atoms with van der Waals surface area (Å²) < 4.78 is 10.1. The standard InChI is InChI=1S/C16H17N3O4/c1-22-14-10-13(17-12-7-4-3-6-11(12)14)15(20)18-8-5-9-19(18)16(21)23-2/h3-4,6-7,10H,5,8-9H2,1-2H3. The van der Waals surface area contributed by atoms with Gasteiger partial charge in [0.2, 0.25) is 0 Å². The van der Waals surface area contributed by atoms with Gasteiger partial charge in [-0.2, -0.15) is 0 Å². The number of hydrazine groups is 1. The third-order valence-electron chi connectivity index (χ3n) is 3.77. The predicted molar refractivity (Wildman–Crippen MR) is 83.1 cm³/mol. The molecule has 0 unspecified atom stereocenters. The molecule has 1 saturated heterocycles. The van der Waals surface area contributed by atoms with Crippen molar-refractivity contribution in [2.24, 2.45) is 0 Å². The quantitative estimate of drug-likeness (QED) is 0.848. The summed E-state index contributed by atoms with van der Waals surface area (Å²) in [6, 6.07) is 9.02. The first-order valence-electron chi connectivity index (χ1n) is 7.26. The molecular weight excluding hydrogens is 298 g/mol. The predicted octanol–water partition coefficient (Wildman–Crippen LogP) is 2.07. The summed E-state index contributed by atoms with van der Waals surface area (Å²) >= 11 is 0. The Bertz CT molecular complexity index is 762. The molecule has 0 saturated carbocycles.